The van der Waals surface area contributed by atoms with Crippen molar-refractivity contribution in [1.82, 2.24) is 5.32 Å². The second-order valence-corrected chi connectivity index (χ2v) is 4.93. The van der Waals surface area contributed by atoms with Gasteiger partial charge in [-0.1, -0.05) is 6.92 Å². The van der Waals surface area contributed by atoms with Gasteiger partial charge in [-0.25, -0.2) is 0 Å². The molecule has 0 aromatic rings. The van der Waals surface area contributed by atoms with Gasteiger partial charge in [0.05, 0.1) is 0 Å². The molecule has 0 saturated heterocycles. The molecule has 2 heteroatoms. The first-order chi connectivity index (χ1) is 5.27. The highest BCUT2D eigenvalue weighted by molar-refractivity contribution is 7.99. The predicted octanol–water partition coefficient (Wildman–Crippen LogP) is 2.27. The van der Waals surface area contributed by atoms with Gasteiger partial charge < -0.3 is 5.32 Å². The number of hydrogen-bond acceptors (Lipinski definition) is 2. The lowest BCUT2D eigenvalue weighted by molar-refractivity contribution is 0.214. The molecule has 0 unspecified atom stereocenters. The number of rotatable bonds is 5. The normalized spacial score (nSPS) is 21.3. The van der Waals surface area contributed by atoms with Gasteiger partial charge in [0.25, 0.3) is 0 Å². The van der Waals surface area contributed by atoms with Crippen molar-refractivity contribution in [3.8, 4) is 0 Å². The van der Waals surface area contributed by atoms with E-state index in [1.807, 2.05) is 11.8 Å². The van der Waals surface area contributed by atoms with Crippen molar-refractivity contribution < 1.29 is 0 Å². The van der Waals surface area contributed by atoms with Crippen LogP contribution < -0.4 is 5.32 Å². The lowest BCUT2D eigenvalue weighted by Crippen LogP contribution is -2.48. The Balaban J connectivity index is 1.94. The minimum atomic E-state index is 0.508. The Bertz CT molecular complexity index is 110. The number of hydrogen-bond donors (Lipinski definition) is 1. The summed E-state index contributed by atoms with van der Waals surface area (Å²) < 4.78 is 0. The highest BCUT2D eigenvalue weighted by Gasteiger charge is 2.30. The molecule has 66 valence electrons. The SMILES string of the molecule is CCSCCNC1(C)CCC1. The molecular formula is C9H19NS. The first-order valence-corrected chi connectivity index (χ1v) is 5.75. The van der Waals surface area contributed by atoms with Gasteiger partial charge in [0, 0.05) is 17.8 Å². The van der Waals surface area contributed by atoms with Gasteiger partial charge in [-0.05, 0) is 31.9 Å². The Morgan fingerprint density at radius 1 is 1.45 bits per heavy atom. The van der Waals surface area contributed by atoms with E-state index < -0.39 is 0 Å². The lowest BCUT2D eigenvalue weighted by Gasteiger charge is -2.39. The van der Waals surface area contributed by atoms with Crippen LogP contribution in [0.2, 0.25) is 0 Å². The molecule has 1 rings (SSSR count). The third kappa shape index (κ3) is 3.04. The van der Waals surface area contributed by atoms with Crippen molar-refractivity contribution in [1.29, 1.82) is 0 Å². The van der Waals surface area contributed by atoms with Crippen molar-refractivity contribution in [3.05, 3.63) is 0 Å². The second-order valence-electron chi connectivity index (χ2n) is 3.54. The van der Waals surface area contributed by atoms with Gasteiger partial charge in [-0.3, -0.25) is 0 Å². The van der Waals surface area contributed by atoms with Gasteiger partial charge in [-0.15, -0.1) is 0 Å². The van der Waals surface area contributed by atoms with Crippen LogP contribution in [0.3, 0.4) is 0 Å². The fourth-order valence-corrected chi connectivity index (χ4v) is 1.99. The third-order valence-electron chi connectivity index (χ3n) is 2.46. The smallest absolute Gasteiger partial charge is 0.0153 e. The molecule has 1 nitrogen and oxygen atoms in total. The zero-order valence-corrected chi connectivity index (χ0v) is 8.47. The third-order valence-corrected chi connectivity index (χ3v) is 3.36. The average Bonchev–Trinajstić information content (AvgIpc) is 1.95. The molecule has 0 aromatic carbocycles. The molecule has 0 aromatic heterocycles. The summed E-state index contributed by atoms with van der Waals surface area (Å²) in [7, 11) is 0. The van der Waals surface area contributed by atoms with Crippen LogP contribution in [0, 0.1) is 0 Å². The van der Waals surface area contributed by atoms with Crippen molar-refractivity contribution in [2.75, 3.05) is 18.1 Å². The maximum Gasteiger partial charge on any atom is 0.0153 e. The van der Waals surface area contributed by atoms with Crippen LogP contribution in [0.5, 0.6) is 0 Å². The molecule has 0 aliphatic heterocycles. The molecule has 11 heavy (non-hydrogen) atoms. The molecule has 1 saturated carbocycles. The number of nitrogens with one attached hydrogen (secondary N) is 1. The van der Waals surface area contributed by atoms with E-state index in [0.717, 1.165) is 0 Å². The Morgan fingerprint density at radius 2 is 2.18 bits per heavy atom. The Kier molecular flexibility index (Phi) is 3.73. The van der Waals surface area contributed by atoms with E-state index in [1.54, 1.807) is 0 Å². The van der Waals surface area contributed by atoms with E-state index in [2.05, 4.69) is 19.2 Å². The van der Waals surface area contributed by atoms with Crippen molar-refractivity contribution in [2.24, 2.45) is 0 Å². The predicted molar refractivity (Wildman–Crippen MR) is 53.3 cm³/mol. The summed E-state index contributed by atoms with van der Waals surface area (Å²) in [5.74, 6) is 2.52. The fourth-order valence-electron chi connectivity index (χ4n) is 1.45. The summed E-state index contributed by atoms with van der Waals surface area (Å²) in [6.07, 6.45) is 4.18. The van der Waals surface area contributed by atoms with Crippen LogP contribution in [-0.2, 0) is 0 Å². The fraction of sp³-hybridized carbons (Fsp3) is 1.00. The summed E-state index contributed by atoms with van der Waals surface area (Å²) in [5.41, 5.74) is 0.508. The van der Waals surface area contributed by atoms with E-state index in [0.29, 0.717) is 5.54 Å². The Hall–Kier alpha value is 0.310. The average molecular weight is 173 g/mol. The second kappa shape index (κ2) is 4.36. The van der Waals surface area contributed by atoms with Gasteiger partial charge in [0.1, 0.15) is 0 Å². The van der Waals surface area contributed by atoms with E-state index in [9.17, 15) is 0 Å². The van der Waals surface area contributed by atoms with Gasteiger partial charge in [-0.2, -0.15) is 11.8 Å². The summed E-state index contributed by atoms with van der Waals surface area (Å²) in [4.78, 5) is 0. The molecular weight excluding hydrogens is 154 g/mol. The molecule has 0 bridgehead atoms. The molecule has 1 aliphatic carbocycles. The zero-order chi connectivity index (χ0) is 8.16. The van der Waals surface area contributed by atoms with Crippen LogP contribution in [0.25, 0.3) is 0 Å². The Morgan fingerprint density at radius 3 is 2.64 bits per heavy atom. The summed E-state index contributed by atoms with van der Waals surface area (Å²) >= 11 is 2.02. The highest BCUT2D eigenvalue weighted by atomic mass is 32.2. The topological polar surface area (TPSA) is 12.0 Å². The van der Waals surface area contributed by atoms with Crippen molar-refractivity contribution in [2.45, 2.75) is 38.6 Å². The zero-order valence-electron chi connectivity index (χ0n) is 7.65. The minimum absolute atomic E-state index is 0.508. The first kappa shape index (κ1) is 9.40. The van der Waals surface area contributed by atoms with Crippen LogP contribution in [0.15, 0.2) is 0 Å². The Labute approximate surface area is 74.3 Å². The molecule has 0 atom stereocenters. The van der Waals surface area contributed by atoms with Crippen LogP contribution >= 0.6 is 11.8 Å². The molecule has 0 radical (unpaired) electrons. The molecule has 0 amide bonds. The molecule has 1 N–H and O–H groups in total. The van der Waals surface area contributed by atoms with Crippen molar-refractivity contribution >= 4 is 11.8 Å². The lowest BCUT2D eigenvalue weighted by atomic mass is 9.79. The maximum absolute atomic E-state index is 3.61. The maximum atomic E-state index is 3.61. The monoisotopic (exact) mass is 173 g/mol. The van der Waals surface area contributed by atoms with Crippen LogP contribution in [0.1, 0.15) is 33.1 Å². The van der Waals surface area contributed by atoms with E-state index in [4.69, 9.17) is 0 Å². The minimum Gasteiger partial charge on any atom is -0.311 e. The molecule has 1 aliphatic rings. The van der Waals surface area contributed by atoms with Gasteiger partial charge in [0.2, 0.25) is 0 Å². The summed E-state index contributed by atoms with van der Waals surface area (Å²) in [5, 5.41) is 3.61. The van der Waals surface area contributed by atoms with Gasteiger partial charge >= 0.3 is 0 Å². The van der Waals surface area contributed by atoms with Crippen molar-refractivity contribution in [3.63, 3.8) is 0 Å². The molecule has 1 fully saturated rings. The van der Waals surface area contributed by atoms with E-state index >= 15 is 0 Å². The summed E-state index contributed by atoms with van der Waals surface area (Å²) in [6, 6.07) is 0. The standard InChI is InChI=1S/C9H19NS/c1-3-11-8-7-10-9(2)5-4-6-9/h10H,3-8H2,1-2H3. The first-order valence-electron chi connectivity index (χ1n) is 4.60. The largest absolute Gasteiger partial charge is 0.311 e. The highest BCUT2D eigenvalue weighted by Crippen LogP contribution is 2.30. The number of thioether (sulfide) groups is 1. The molecule has 0 spiro atoms. The quantitative estimate of drug-likeness (QED) is 0.640. The van der Waals surface area contributed by atoms with Crippen LogP contribution in [0.4, 0.5) is 0 Å². The molecule has 0 heterocycles. The summed E-state index contributed by atoms with van der Waals surface area (Å²) in [6.45, 7) is 5.75. The van der Waals surface area contributed by atoms with E-state index in [1.165, 1.54) is 37.3 Å². The van der Waals surface area contributed by atoms with Gasteiger partial charge in [0.15, 0.2) is 0 Å². The van der Waals surface area contributed by atoms with Crippen LogP contribution in [-0.4, -0.2) is 23.6 Å². The van der Waals surface area contributed by atoms with E-state index in [-0.39, 0.29) is 0 Å².